The van der Waals surface area contributed by atoms with Gasteiger partial charge in [-0.3, -0.25) is 4.90 Å². The molecule has 1 fully saturated rings. The van der Waals surface area contributed by atoms with Crippen molar-refractivity contribution in [2.75, 3.05) is 25.0 Å². The highest BCUT2D eigenvalue weighted by atomic mass is 19.2. The van der Waals surface area contributed by atoms with Crippen molar-refractivity contribution in [1.29, 1.82) is 0 Å². The lowest BCUT2D eigenvalue weighted by Gasteiger charge is -2.28. The summed E-state index contributed by atoms with van der Waals surface area (Å²) in [7, 11) is 1.87. The van der Waals surface area contributed by atoms with Gasteiger partial charge in [-0.15, -0.1) is 0 Å². The Bertz CT molecular complexity index is 875. The Morgan fingerprint density at radius 1 is 1.11 bits per heavy atom. The fraction of sp³-hybridized carbons (Fsp3) is 0.316. The van der Waals surface area contributed by atoms with Crippen LogP contribution in [0.1, 0.15) is 12.8 Å². The third-order valence-corrected chi connectivity index (χ3v) is 4.85. The van der Waals surface area contributed by atoms with Crippen LogP contribution in [0.5, 0.6) is 0 Å². The molecule has 2 aromatic rings. The highest BCUT2D eigenvalue weighted by molar-refractivity contribution is 5.93. The molecule has 0 unspecified atom stereocenters. The zero-order valence-electron chi connectivity index (χ0n) is 14.6. The van der Waals surface area contributed by atoms with Crippen molar-refractivity contribution in [2.24, 2.45) is 0 Å². The van der Waals surface area contributed by atoms with Gasteiger partial charge in [0.15, 0.2) is 11.6 Å². The topological polar surface area (TPSA) is 43.8 Å². The molecule has 144 valence electrons. The molecule has 1 saturated heterocycles. The number of rotatable bonds is 4. The number of nitrogens with zero attached hydrogens (tertiary/aromatic N) is 2. The average Bonchev–Trinajstić information content (AvgIpc) is 3.01. The molecule has 1 atom stereocenters. The standard InChI is InChI=1S/C19H18F4N2O2/c1-24-6-2-3-12(24)10-25(19(26)27)18-5-4-11(20)7-14(18)13-8-16(22)17(23)9-15(13)21/h4-5,7-9,12H,2-3,6,10H2,1H3,(H,26,27)/t12-/m0/s1. The second-order valence-electron chi connectivity index (χ2n) is 6.58. The van der Waals surface area contributed by atoms with Crippen molar-refractivity contribution in [3.63, 3.8) is 0 Å². The van der Waals surface area contributed by atoms with Crippen LogP contribution in [0.15, 0.2) is 30.3 Å². The molecule has 4 nitrogen and oxygen atoms in total. The van der Waals surface area contributed by atoms with Crippen LogP contribution in [0.25, 0.3) is 11.1 Å². The molecular weight excluding hydrogens is 364 g/mol. The van der Waals surface area contributed by atoms with E-state index in [1.54, 1.807) is 0 Å². The van der Waals surface area contributed by atoms with Crippen LogP contribution < -0.4 is 4.90 Å². The largest absolute Gasteiger partial charge is 0.465 e. The molecule has 3 rings (SSSR count). The van der Waals surface area contributed by atoms with Crippen molar-refractivity contribution in [3.8, 4) is 11.1 Å². The molecule has 1 aliphatic heterocycles. The lowest BCUT2D eigenvalue weighted by atomic mass is 10.0. The number of hydrogen-bond donors (Lipinski definition) is 1. The predicted octanol–water partition coefficient (Wildman–Crippen LogP) is 4.49. The quantitative estimate of drug-likeness (QED) is 0.626. The van der Waals surface area contributed by atoms with Gasteiger partial charge in [0.05, 0.1) is 5.69 Å². The van der Waals surface area contributed by atoms with Crippen molar-refractivity contribution in [2.45, 2.75) is 18.9 Å². The first-order valence-electron chi connectivity index (χ1n) is 8.43. The highest BCUT2D eigenvalue weighted by Crippen LogP contribution is 2.35. The van der Waals surface area contributed by atoms with Crippen LogP contribution in [0.3, 0.4) is 0 Å². The van der Waals surface area contributed by atoms with Crippen LogP contribution in [-0.2, 0) is 0 Å². The number of amides is 1. The Morgan fingerprint density at radius 3 is 2.44 bits per heavy atom. The van der Waals surface area contributed by atoms with Crippen molar-refractivity contribution in [1.82, 2.24) is 4.90 Å². The Morgan fingerprint density at radius 2 is 1.81 bits per heavy atom. The molecule has 0 spiro atoms. The van der Waals surface area contributed by atoms with E-state index in [4.69, 9.17) is 0 Å². The summed E-state index contributed by atoms with van der Waals surface area (Å²) in [6, 6.07) is 4.08. The van der Waals surface area contributed by atoms with Gasteiger partial charge in [-0.05, 0) is 50.7 Å². The number of hydrogen-bond acceptors (Lipinski definition) is 2. The Labute approximate surface area is 153 Å². The number of anilines is 1. The van der Waals surface area contributed by atoms with E-state index >= 15 is 0 Å². The van der Waals surface area contributed by atoms with E-state index in [1.165, 1.54) is 6.07 Å². The van der Waals surface area contributed by atoms with Gasteiger partial charge in [-0.1, -0.05) is 0 Å². The minimum atomic E-state index is -1.38. The Balaban J connectivity index is 2.09. The zero-order valence-corrected chi connectivity index (χ0v) is 14.6. The van der Waals surface area contributed by atoms with Crippen LogP contribution in [0.4, 0.5) is 28.0 Å². The smallest absolute Gasteiger partial charge is 0.411 e. The van der Waals surface area contributed by atoms with Gasteiger partial charge in [-0.2, -0.15) is 0 Å². The molecule has 0 aromatic heterocycles. The number of carboxylic acid groups (broad SMARTS) is 1. The summed E-state index contributed by atoms with van der Waals surface area (Å²) in [6.45, 7) is 0.919. The molecule has 8 heteroatoms. The van der Waals surface area contributed by atoms with Gasteiger partial charge in [-0.25, -0.2) is 22.4 Å². The lowest BCUT2D eigenvalue weighted by Crippen LogP contribution is -2.41. The number of likely N-dealkylation sites (N-methyl/N-ethyl adjacent to an activating group) is 1. The zero-order chi connectivity index (χ0) is 19.7. The summed E-state index contributed by atoms with van der Waals surface area (Å²) >= 11 is 0. The molecular formula is C19H18F4N2O2. The Hall–Kier alpha value is -2.61. The fourth-order valence-corrected chi connectivity index (χ4v) is 3.39. The van der Waals surface area contributed by atoms with Crippen molar-refractivity contribution in [3.05, 3.63) is 53.6 Å². The summed E-state index contributed by atoms with van der Waals surface area (Å²) in [5.74, 6) is -4.54. The van der Waals surface area contributed by atoms with Gasteiger partial charge in [0, 0.05) is 29.8 Å². The van der Waals surface area contributed by atoms with E-state index in [9.17, 15) is 27.5 Å². The van der Waals surface area contributed by atoms with Gasteiger partial charge in [0.2, 0.25) is 0 Å². The highest BCUT2D eigenvalue weighted by Gasteiger charge is 2.28. The fourth-order valence-electron chi connectivity index (χ4n) is 3.39. The van der Waals surface area contributed by atoms with E-state index in [-0.39, 0.29) is 23.8 Å². The molecule has 1 aliphatic rings. The van der Waals surface area contributed by atoms with E-state index in [0.717, 1.165) is 36.4 Å². The number of carbonyl (C=O) groups is 1. The first-order valence-corrected chi connectivity index (χ1v) is 8.43. The van der Waals surface area contributed by atoms with Crippen LogP contribution in [0, 0.1) is 23.3 Å². The van der Waals surface area contributed by atoms with Crippen LogP contribution in [0.2, 0.25) is 0 Å². The molecule has 0 radical (unpaired) electrons. The first kappa shape index (κ1) is 19.2. The predicted molar refractivity (Wildman–Crippen MR) is 92.7 cm³/mol. The molecule has 1 heterocycles. The number of halogens is 4. The lowest BCUT2D eigenvalue weighted by molar-refractivity contribution is 0.198. The minimum absolute atomic E-state index is 0.00843. The number of benzene rings is 2. The van der Waals surface area contributed by atoms with Gasteiger partial charge >= 0.3 is 6.09 Å². The molecule has 0 saturated carbocycles. The normalized spacial score (nSPS) is 17.3. The maximum Gasteiger partial charge on any atom is 0.411 e. The van der Waals surface area contributed by atoms with Crippen LogP contribution in [-0.4, -0.2) is 42.3 Å². The van der Waals surface area contributed by atoms with Crippen LogP contribution >= 0.6 is 0 Å². The van der Waals surface area contributed by atoms with E-state index in [0.29, 0.717) is 12.1 Å². The SMILES string of the molecule is CN1CCC[C@H]1CN(C(=O)O)c1ccc(F)cc1-c1cc(F)c(F)cc1F. The Kier molecular flexibility index (Phi) is 5.36. The third kappa shape index (κ3) is 3.90. The van der Waals surface area contributed by atoms with E-state index in [1.807, 2.05) is 11.9 Å². The molecule has 0 aliphatic carbocycles. The first-order chi connectivity index (χ1) is 12.8. The second-order valence-corrected chi connectivity index (χ2v) is 6.58. The molecule has 0 bridgehead atoms. The van der Waals surface area contributed by atoms with Crippen molar-refractivity contribution < 1.29 is 27.5 Å². The average molecular weight is 382 g/mol. The van der Waals surface area contributed by atoms with Gasteiger partial charge in [0.25, 0.3) is 0 Å². The summed E-state index contributed by atoms with van der Waals surface area (Å²) in [4.78, 5) is 14.9. The summed E-state index contributed by atoms with van der Waals surface area (Å²) in [6.07, 6.45) is 0.408. The monoisotopic (exact) mass is 382 g/mol. The third-order valence-electron chi connectivity index (χ3n) is 4.85. The van der Waals surface area contributed by atoms with Gasteiger partial charge in [0.1, 0.15) is 11.6 Å². The minimum Gasteiger partial charge on any atom is -0.465 e. The molecule has 27 heavy (non-hydrogen) atoms. The second kappa shape index (κ2) is 7.56. The number of likely N-dealkylation sites (tertiary alicyclic amines) is 1. The molecule has 2 aromatic carbocycles. The summed E-state index contributed by atoms with van der Waals surface area (Å²) < 4.78 is 55.0. The van der Waals surface area contributed by atoms with E-state index < -0.39 is 34.9 Å². The summed E-state index contributed by atoms with van der Waals surface area (Å²) in [5, 5.41) is 9.67. The molecule has 1 amide bonds. The maximum absolute atomic E-state index is 14.3. The van der Waals surface area contributed by atoms with E-state index in [2.05, 4.69) is 0 Å². The summed E-state index contributed by atoms with van der Waals surface area (Å²) in [5.41, 5.74) is -0.557. The molecule has 1 N–H and O–H groups in total. The van der Waals surface area contributed by atoms with Crippen molar-refractivity contribution >= 4 is 11.8 Å². The maximum atomic E-state index is 14.3. The van der Waals surface area contributed by atoms with Gasteiger partial charge < -0.3 is 10.0 Å².